The van der Waals surface area contributed by atoms with Crippen LogP contribution >= 0.6 is 0 Å². The topological polar surface area (TPSA) is 108 Å². The Hall–Kier alpha value is -2.16. The number of ether oxygens (including phenoxy) is 4. The fourth-order valence-electron chi connectivity index (χ4n) is 2.50. The van der Waals surface area contributed by atoms with Crippen molar-refractivity contribution >= 4 is 23.9 Å². The van der Waals surface area contributed by atoms with Crippen molar-refractivity contribution in [1.29, 1.82) is 0 Å². The number of carbonyl (C=O) groups excluding carboxylic acids is 4. The van der Waals surface area contributed by atoms with Crippen LogP contribution in [0.4, 0.5) is 0 Å². The minimum Gasteiger partial charge on any atom is -0.466 e. The number of nitrogens with zero attached hydrogens (tertiary/aromatic N) is 1. The van der Waals surface area contributed by atoms with Crippen molar-refractivity contribution in [3.05, 3.63) is 0 Å². The summed E-state index contributed by atoms with van der Waals surface area (Å²) in [5, 5.41) is 0. The standard InChI is InChI=1S/C22H39NO8/c1-4-8-19(24)28-15-7-11-22(27)31-18-14-23(12-16-29-20(25)9-5-2)13-17-30-21(26)10-6-3/h4-18H2,1-3H3. The van der Waals surface area contributed by atoms with Crippen molar-refractivity contribution in [3.8, 4) is 0 Å². The van der Waals surface area contributed by atoms with Crippen LogP contribution in [0.3, 0.4) is 0 Å². The van der Waals surface area contributed by atoms with Crippen LogP contribution in [0.2, 0.25) is 0 Å². The molecule has 0 aliphatic rings. The summed E-state index contributed by atoms with van der Waals surface area (Å²) in [6, 6.07) is 0. The van der Waals surface area contributed by atoms with Crippen molar-refractivity contribution in [1.82, 2.24) is 4.90 Å². The van der Waals surface area contributed by atoms with Gasteiger partial charge in [-0.1, -0.05) is 20.8 Å². The van der Waals surface area contributed by atoms with Gasteiger partial charge in [-0.05, 0) is 25.7 Å². The van der Waals surface area contributed by atoms with Gasteiger partial charge in [0.15, 0.2) is 0 Å². The average Bonchev–Trinajstić information content (AvgIpc) is 2.71. The van der Waals surface area contributed by atoms with Gasteiger partial charge in [0.05, 0.1) is 6.61 Å². The predicted octanol–water partition coefficient (Wildman–Crippen LogP) is 2.64. The lowest BCUT2D eigenvalue weighted by Gasteiger charge is -2.22. The maximum absolute atomic E-state index is 11.8. The maximum atomic E-state index is 11.8. The third-order valence-electron chi connectivity index (χ3n) is 4.16. The van der Waals surface area contributed by atoms with Crippen molar-refractivity contribution in [2.24, 2.45) is 0 Å². The molecule has 0 aromatic heterocycles. The van der Waals surface area contributed by atoms with Gasteiger partial charge in [-0.3, -0.25) is 24.1 Å². The van der Waals surface area contributed by atoms with Crippen LogP contribution in [0.5, 0.6) is 0 Å². The smallest absolute Gasteiger partial charge is 0.305 e. The molecular formula is C22H39NO8. The highest BCUT2D eigenvalue weighted by atomic mass is 16.5. The first kappa shape index (κ1) is 28.8. The van der Waals surface area contributed by atoms with Crippen molar-refractivity contribution in [2.45, 2.75) is 72.1 Å². The van der Waals surface area contributed by atoms with E-state index in [9.17, 15) is 19.2 Å². The number of rotatable bonds is 19. The highest BCUT2D eigenvalue weighted by Gasteiger charge is 2.11. The fraction of sp³-hybridized carbons (Fsp3) is 0.818. The third kappa shape index (κ3) is 18.3. The Bertz CT molecular complexity index is 500. The average molecular weight is 446 g/mol. The minimum absolute atomic E-state index is 0.167. The molecule has 0 fully saturated rings. The summed E-state index contributed by atoms with van der Waals surface area (Å²) in [5.74, 6) is -1.12. The second kappa shape index (κ2) is 19.8. The summed E-state index contributed by atoms with van der Waals surface area (Å²) in [6.45, 7) is 7.84. The van der Waals surface area contributed by atoms with Crippen molar-refractivity contribution in [3.63, 3.8) is 0 Å². The van der Waals surface area contributed by atoms with E-state index in [2.05, 4.69) is 0 Å². The van der Waals surface area contributed by atoms with E-state index in [0.717, 1.165) is 19.3 Å². The molecule has 9 heteroatoms. The molecule has 0 aliphatic carbocycles. The summed E-state index contributed by atoms with van der Waals surface area (Å²) in [6.07, 6.45) is 3.89. The van der Waals surface area contributed by atoms with E-state index >= 15 is 0 Å². The number of carbonyl (C=O) groups is 4. The Morgan fingerprint density at radius 3 is 1.19 bits per heavy atom. The molecular weight excluding hydrogens is 406 g/mol. The van der Waals surface area contributed by atoms with Crippen molar-refractivity contribution in [2.75, 3.05) is 46.1 Å². The SMILES string of the molecule is CCCC(=O)OCCCC(=O)OCCN(CCOC(=O)CCC)CCOC(=O)CCC. The molecule has 0 aliphatic heterocycles. The van der Waals surface area contributed by atoms with E-state index in [4.69, 9.17) is 18.9 Å². The van der Waals surface area contributed by atoms with E-state index in [-0.39, 0.29) is 56.7 Å². The Morgan fingerprint density at radius 2 is 0.839 bits per heavy atom. The molecule has 0 rings (SSSR count). The lowest BCUT2D eigenvalue weighted by molar-refractivity contribution is -0.148. The van der Waals surface area contributed by atoms with Crippen LogP contribution in [-0.4, -0.2) is 74.8 Å². The molecule has 0 unspecified atom stereocenters. The largest absolute Gasteiger partial charge is 0.466 e. The van der Waals surface area contributed by atoms with Crippen LogP contribution in [0, 0.1) is 0 Å². The molecule has 0 atom stereocenters. The van der Waals surface area contributed by atoms with Gasteiger partial charge < -0.3 is 18.9 Å². The van der Waals surface area contributed by atoms with Gasteiger partial charge in [0, 0.05) is 45.3 Å². The van der Waals surface area contributed by atoms with Gasteiger partial charge in [-0.2, -0.15) is 0 Å². The second-order valence-corrected chi connectivity index (χ2v) is 7.08. The summed E-state index contributed by atoms with van der Waals surface area (Å²) in [5.41, 5.74) is 0. The van der Waals surface area contributed by atoms with E-state index in [1.807, 2.05) is 25.7 Å². The van der Waals surface area contributed by atoms with Crippen LogP contribution in [0.1, 0.15) is 72.1 Å². The van der Waals surface area contributed by atoms with E-state index in [1.54, 1.807) is 0 Å². The summed E-state index contributed by atoms with van der Waals surface area (Å²) < 4.78 is 20.6. The lowest BCUT2D eigenvalue weighted by atomic mass is 10.3. The zero-order valence-electron chi connectivity index (χ0n) is 19.3. The second-order valence-electron chi connectivity index (χ2n) is 7.08. The molecule has 0 amide bonds. The first-order valence-corrected chi connectivity index (χ1v) is 11.3. The molecule has 0 aromatic rings. The van der Waals surface area contributed by atoms with Gasteiger partial charge in [0.25, 0.3) is 0 Å². The van der Waals surface area contributed by atoms with Gasteiger partial charge in [-0.15, -0.1) is 0 Å². The van der Waals surface area contributed by atoms with Gasteiger partial charge in [0.1, 0.15) is 19.8 Å². The van der Waals surface area contributed by atoms with Crippen LogP contribution < -0.4 is 0 Å². The van der Waals surface area contributed by atoms with E-state index in [1.165, 1.54) is 0 Å². The highest BCUT2D eigenvalue weighted by molar-refractivity contribution is 5.70. The van der Waals surface area contributed by atoms with E-state index in [0.29, 0.717) is 45.3 Å². The number of hydrogen-bond donors (Lipinski definition) is 0. The van der Waals surface area contributed by atoms with Crippen LogP contribution in [-0.2, 0) is 38.1 Å². The molecule has 0 heterocycles. The molecule has 0 bridgehead atoms. The zero-order chi connectivity index (χ0) is 23.3. The van der Waals surface area contributed by atoms with E-state index < -0.39 is 0 Å². The Labute approximate surface area is 185 Å². The third-order valence-corrected chi connectivity index (χ3v) is 4.16. The fourth-order valence-corrected chi connectivity index (χ4v) is 2.50. The van der Waals surface area contributed by atoms with Crippen LogP contribution in [0.15, 0.2) is 0 Å². The molecule has 0 aromatic carbocycles. The molecule has 0 saturated heterocycles. The number of hydrogen-bond acceptors (Lipinski definition) is 9. The molecule has 31 heavy (non-hydrogen) atoms. The van der Waals surface area contributed by atoms with Gasteiger partial charge in [0.2, 0.25) is 0 Å². The Balaban J connectivity index is 4.19. The van der Waals surface area contributed by atoms with Gasteiger partial charge in [-0.25, -0.2) is 0 Å². The lowest BCUT2D eigenvalue weighted by Crippen LogP contribution is -2.35. The monoisotopic (exact) mass is 445 g/mol. The molecule has 0 radical (unpaired) electrons. The molecule has 180 valence electrons. The molecule has 0 saturated carbocycles. The Morgan fingerprint density at radius 1 is 0.516 bits per heavy atom. The minimum atomic E-state index is -0.366. The summed E-state index contributed by atoms with van der Waals surface area (Å²) in [4.78, 5) is 48.0. The molecule has 0 spiro atoms. The van der Waals surface area contributed by atoms with Crippen LogP contribution in [0.25, 0.3) is 0 Å². The van der Waals surface area contributed by atoms with Crippen molar-refractivity contribution < 1.29 is 38.1 Å². The number of esters is 4. The molecule has 9 nitrogen and oxygen atoms in total. The van der Waals surface area contributed by atoms with Gasteiger partial charge >= 0.3 is 23.9 Å². The summed E-state index contributed by atoms with van der Waals surface area (Å²) in [7, 11) is 0. The normalized spacial score (nSPS) is 10.6. The first-order valence-electron chi connectivity index (χ1n) is 11.3. The Kier molecular flexibility index (Phi) is 18.4. The predicted molar refractivity (Wildman–Crippen MR) is 114 cm³/mol. The zero-order valence-corrected chi connectivity index (χ0v) is 19.3. The first-order chi connectivity index (χ1) is 14.9. The quantitative estimate of drug-likeness (QED) is 0.168. The highest BCUT2D eigenvalue weighted by Crippen LogP contribution is 1.99. The summed E-state index contributed by atoms with van der Waals surface area (Å²) >= 11 is 0. The molecule has 0 N–H and O–H groups in total. The maximum Gasteiger partial charge on any atom is 0.305 e.